The highest BCUT2D eigenvalue weighted by molar-refractivity contribution is 7.80. The fraction of sp³-hybridized carbons (Fsp3) is 0.167. The predicted molar refractivity (Wildman–Crippen MR) is 102 cm³/mol. The summed E-state index contributed by atoms with van der Waals surface area (Å²) in [6.45, 7) is 0. The maximum absolute atomic E-state index is 6.48. The van der Waals surface area contributed by atoms with Crippen molar-refractivity contribution in [3.05, 3.63) is 73.7 Å². The van der Waals surface area contributed by atoms with Crippen molar-refractivity contribution in [3.63, 3.8) is 0 Å². The first-order valence-corrected chi connectivity index (χ1v) is 8.86. The Morgan fingerprint density at radius 1 is 0.913 bits per heavy atom. The standard InChI is InChI=1S/C18H12Cl3NS/c19-9-1-3-11-14(7-9)17(12-4-2-10(20)8-15(12)21)13-5-6-16(23)22-18(11)13/h1-4,7-8,18H,5-6H2,(H,22,23). The molecule has 1 saturated heterocycles. The predicted octanol–water partition coefficient (Wildman–Crippen LogP) is 6.21. The second-order valence-electron chi connectivity index (χ2n) is 5.76. The van der Waals surface area contributed by atoms with E-state index in [2.05, 4.69) is 11.4 Å². The van der Waals surface area contributed by atoms with Crippen molar-refractivity contribution in [2.24, 2.45) is 0 Å². The lowest BCUT2D eigenvalue weighted by Gasteiger charge is -2.26. The average molecular weight is 381 g/mol. The molecule has 116 valence electrons. The number of benzene rings is 2. The number of thiocarbonyl (C=S) groups is 1. The van der Waals surface area contributed by atoms with Gasteiger partial charge in [-0.3, -0.25) is 0 Å². The largest absolute Gasteiger partial charge is 0.369 e. The molecule has 0 saturated carbocycles. The van der Waals surface area contributed by atoms with E-state index in [1.165, 1.54) is 11.1 Å². The molecule has 1 unspecified atom stereocenters. The van der Waals surface area contributed by atoms with E-state index in [4.69, 9.17) is 47.0 Å². The van der Waals surface area contributed by atoms with Gasteiger partial charge in [0.15, 0.2) is 0 Å². The Morgan fingerprint density at radius 3 is 2.43 bits per heavy atom. The first kappa shape index (κ1) is 15.5. The lowest BCUT2D eigenvalue weighted by molar-refractivity contribution is 0.679. The molecule has 1 heterocycles. The molecule has 5 heteroatoms. The molecule has 0 spiro atoms. The van der Waals surface area contributed by atoms with Gasteiger partial charge in [-0.25, -0.2) is 0 Å². The molecule has 4 rings (SSSR count). The van der Waals surface area contributed by atoms with Crippen LogP contribution in [-0.4, -0.2) is 4.99 Å². The molecule has 2 aromatic carbocycles. The third-order valence-electron chi connectivity index (χ3n) is 4.39. The molecule has 1 aliphatic heterocycles. The highest BCUT2D eigenvalue weighted by Gasteiger charge is 2.35. The number of hydrogen-bond acceptors (Lipinski definition) is 1. The third-order valence-corrected chi connectivity index (χ3v) is 5.50. The summed E-state index contributed by atoms with van der Waals surface area (Å²) in [4.78, 5) is 0.906. The van der Waals surface area contributed by atoms with Gasteiger partial charge in [-0.1, -0.05) is 59.2 Å². The van der Waals surface area contributed by atoms with Gasteiger partial charge < -0.3 is 5.32 Å². The average Bonchev–Trinajstić information content (AvgIpc) is 2.80. The summed E-state index contributed by atoms with van der Waals surface area (Å²) in [7, 11) is 0. The number of hydrogen-bond donors (Lipinski definition) is 1. The smallest absolute Gasteiger partial charge is 0.0763 e. The van der Waals surface area contributed by atoms with Crippen LogP contribution in [0.4, 0.5) is 0 Å². The molecule has 0 radical (unpaired) electrons. The number of halogens is 3. The molecule has 1 fully saturated rings. The van der Waals surface area contributed by atoms with E-state index in [0.717, 1.165) is 34.5 Å². The zero-order valence-electron chi connectivity index (χ0n) is 12.0. The number of nitrogens with one attached hydrogen (secondary N) is 1. The van der Waals surface area contributed by atoms with Crippen LogP contribution >= 0.6 is 47.0 Å². The lowest BCUT2D eigenvalue weighted by Crippen LogP contribution is -2.31. The Kier molecular flexibility index (Phi) is 3.89. The van der Waals surface area contributed by atoms with E-state index < -0.39 is 0 Å². The molecule has 0 aromatic heterocycles. The van der Waals surface area contributed by atoms with E-state index >= 15 is 0 Å². The van der Waals surface area contributed by atoms with Gasteiger partial charge in [0.1, 0.15) is 0 Å². The minimum atomic E-state index is 0.116. The Morgan fingerprint density at radius 2 is 1.65 bits per heavy atom. The number of piperidine rings is 1. The molecule has 0 amide bonds. The van der Waals surface area contributed by atoms with Crippen LogP contribution in [-0.2, 0) is 0 Å². The fourth-order valence-corrected chi connectivity index (χ4v) is 4.32. The second-order valence-corrected chi connectivity index (χ2v) is 7.53. The summed E-state index contributed by atoms with van der Waals surface area (Å²) >= 11 is 24.2. The Labute approximate surface area is 155 Å². The molecule has 23 heavy (non-hydrogen) atoms. The monoisotopic (exact) mass is 379 g/mol. The molecular weight excluding hydrogens is 369 g/mol. The van der Waals surface area contributed by atoms with Crippen LogP contribution in [0.15, 0.2) is 42.0 Å². The summed E-state index contributed by atoms with van der Waals surface area (Å²) in [5, 5.41) is 5.45. The van der Waals surface area contributed by atoms with Crippen LogP contribution in [0.1, 0.15) is 35.6 Å². The first-order chi connectivity index (χ1) is 11.0. The number of fused-ring (bicyclic) bond motifs is 3. The minimum Gasteiger partial charge on any atom is -0.369 e. The zero-order chi connectivity index (χ0) is 16.1. The summed E-state index contributed by atoms with van der Waals surface area (Å²) in [6, 6.07) is 11.7. The molecule has 2 aromatic rings. The van der Waals surface area contributed by atoms with Crippen LogP contribution in [0.3, 0.4) is 0 Å². The number of rotatable bonds is 1. The van der Waals surface area contributed by atoms with E-state index in [1.807, 2.05) is 24.3 Å². The topological polar surface area (TPSA) is 12.0 Å². The second kappa shape index (κ2) is 5.78. The van der Waals surface area contributed by atoms with Gasteiger partial charge in [-0.05, 0) is 53.0 Å². The van der Waals surface area contributed by atoms with Gasteiger partial charge in [0.05, 0.1) is 11.0 Å². The van der Waals surface area contributed by atoms with Crippen LogP contribution in [0, 0.1) is 0 Å². The first-order valence-electron chi connectivity index (χ1n) is 7.32. The van der Waals surface area contributed by atoms with E-state index in [0.29, 0.717) is 15.1 Å². The summed E-state index contributed by atoms with van der Waals surface area (Å²) in [5.74, 6) is 0. The van der Waals surface area contributed by atoms with E-state index in [9.17, 15) is 0 Å². The Balaban J connectivity index is 1.97. The van der Waals surface area contributed by atoms with Crippen molar-refractivity contribution in [2.75, 3.05) is 0 Å². The van der Waals surface area contributed by atoms with Crippen molar-refractivity contribution in [1.29, 1.82) is 0 Å². The fourth-order valence-electron chi connectivity index (χ4n) is 3.43. The molecule has 2 aliphatic rings. The van der Waals surface area contributed by atoms with Gasteiger partial charge in [0, 0.05) is 27.1 Å². The van der Waals surface area contributed by atoms with Gasteiger partial charge >= 0.3 is 0 Å². The quantitative estimate of drug-likeness (QED) is 0.590. The van der Waals surface area contributed by atoms with Crippen molar-refractivity contribution >= 4 is 57.6 Å². The molecule has 0 bridgehead atoms. The van der Waals surface area contributed by atoms with Crippen molar-refractivity contribution < 1.29 is 0 Å². The molecule has 1 nitrogen and oxygen atoms in total. The SMILES string of the molecule is S=C1CCC2=C(c3ccc(Cl)cc3Cl)c3cc(Cl)ccc3C2N1. The van der Waals surface area contributed by atoms with E-state index in [1.54, 1.807) is 6.07 Å². The van der Waals surface area contributed by atoms with Crippen LogP contribution in [0.2, 0.25) is 15.1 Å². The third kappa shape index (κ3) is 2.58. The van der Waals surface area contributed by atoms with Crippen LogP contribution < -0.4 is 5.32 Å². The molecule has 1 N–H and O–H groups in total. The van der Waals surface area contributed by atoms with Gasteiger partial charge in [0.25, 0.3) is 0 Å². The molecular formula is C18H12Cl3NS. The van der Waals surface area contributed by atoms with Crippen molar-refractivity contribution in [3.8, 4) is 0 Å². The van der Waals surface area contributed by atoms with Crippen molar-refractivity contribution in [1.82, 2.24) is 5.32 Å². The summed E-state index contributed by atoms with van der Waals surface area (Å²) in [6.07, 6.45) is 1.79. The Bertz CT molecular complexity index is 873. The zero-order valence-corrected chi connectivity index (χ0v) is 15.1. The van der Waals surface area contributed by atoms with Gasteiger partial charge in [0.2, 0.25) is 0 Å². The van der Waals surface area contributed by atoms with Gasteiger partial charge in [-0.2, -0.15) is 0 Å². The minimum absolute atomic E-state index is 0.116. The van der Waals surface area contributed by atoms with Crippen LogP contribution in [0.25, 0.3) is 5.57 Å². The van der Waals surface area contributed by atoms with Crippen LogP contribution in [0.5, 0.6) is 0 Å². The van der Waals surface area contributed by atoms with Gasteiger partial charge in [-0.15, -0.1) is 0 Å². The summed E-state index contributed by atoms with van der Waals surface area (Å²) < 4.78 is 0. The molecule has 1 aliphatic carbocycles. The molecule has 1 atom stereocenters. The Hall–Kier alpha value is -1.06. The highest BCUT2D eigenvalue weighted by atomic mass is 35.5. The lowest BCUT2D eigenvalue weighted by atomic mass is 9.93. The van der Waals surface area contributed by atoms with Crippen molar-refractivity contribution in [2.45, 2.75) is 18.9 Å². The summed E-state index contributed by atoms with van der Waals surface area (Å²) in [5.41, 5.74) is 5.79. The highest BCUT2D eigenvalue weighted by Crippen LogP contribution is 2.49. The van der Waals surface area contributed by atoms with E-state index in [-0.39, 0.29) is 6.04 Å². The maximum Gasteiger partial charge on any atom is 0.0763 e. The maximum atomic E-state index is 6.48. The normalized spacial score (nSPS) is 19.4.